The molecule has 112 valence electrons. The largest absolute Gasteiger partial charge is 0.342 e. The van der Waals surface area contributed by atoms with Crippen molar-refractivity contribution >= 4 is 5.91 Å². The summed E-state index contributed by atoms with van der Waals surface area (Å²) in [6, 6.07) is 0. The van der Waals surface area contributed by atoms with Crippen LogP contribution in [0, 0.1) is 17.3 Å². The van der Waals surface area contributed by atoms with Gasteiger partial charge in [-0.1, -0.05) is 53.9 Å². The smallest absolute Gasteiger partial charge is 0.226 e. The maximum Gasteiger partial charge on any atom is 0.226 e. The van der Waals surface area contributed by atoms with Gasteiger partial charge in [0.25, 0.3) is 0 Å². The molecule has 1 heterocycles. The highest BCUT2D eigenvalue weighted by molar-refractivity contribution is 5.79. The summed E-state index contributed by atoms with van der Waals surface area (Å²) in [6.45, 7) is 13.2. The maximum absolute atomic E-state index is 12.6. The molecule has 1 amide bonds. The molecular formula is C17H33NO. The highest BCUT2D eigenvalue weighted by Crippen LogP contribution is 2.33. The Morgan fingerprint density at radius 3 is 2.05 bits per heavy atom. The van der Waals surface area contributed by atoms with Crippen molar-refractivity contribution in [3.8, 4) is 0 Å². The summed E-state index contributed by atoms with van der Waals surface area (Å²) in [7, 11) is 0. The number of nitrogens with zero attached hydrogens (tertiary/aromatic N) is 1. The number of hydrogen-bond donors (Lipinski definition) is 0. The maximum atomic E-state index is 12.6. The fourth-order valence-corrected chi connectivity index (χ4v) is 2.99. The van der Waals surface area contributed by atoms with Gasteiger partial charge in [0.2, 0.25) is 5.91 Å². The van der Waals surface area contributed by atoms with Gasteiger partial charge in [-0.3, -0.25) is 4.79 Å². The molecule has 1 aliphatic rings. The lowest BCUT2D eigenvalue weighted by Gasteiger charge is -2.33. The minimum atomic E-state index is 0.0947. The lowest BCUT2D eigenvalue weighted by Crippen LogP contribution is -2.39. The SMILES string of the molecule is CC(C)CCCCC(C(=O)N1CCCC1)C(C)(C)C. The van der Waals surface area contributed by atoms with E-state index in [1.54, 1.807) is 0 Å². The van der Waals surface area contributed by atoms with Crippen LogP contribution >= 0.6 is 0 Å². The molecule has 0 bridgehead atoms. The van der Waals surface area contributed by atoms with Gasteiger partial charge in [0, 0.05) is 19.0 Å². The third kappa shape index (κ3) is 5.54. The van der Waals surface area contributed by atoms with Crippen LogP contribution < -0.4 is 0 Å². The number of carbonyl (C=O) groups is 1. The van der Waals surface area contributed by atoms with Crippen molar-refractivity contribution < 1.29 is 4.79 Å². The molecule has 1 saturated heterocycles. The van der Waals surface area contributed by atoms with Gasteiger partial charge >= 0.3 is 0 Å². The second-order valence-corrected chi connectivity index (χ2v) is 7.63. The zero-order chi connectivity index (χ0) is 14.5. The van der Waals surface area contributed by atoms with Crippen LogP contribution in [0.2, 0.25) is 0 Å². The number of unbranched alkanes of at least 4 members (excludes halogenated alkanes) is 1. The molecule has 0 radical (unpaired) electrons. The first-order valence-electron chi connectivity index (χ1n) is 8.11. The molecular weight excluding hydrogens is 234 g/mol. The molecule has 0 aliphatic carbocycles. The van der Waals surface area contributed by atoms with Gasteiger partial charge in [0.05, 0.1) is 0 Å². The molecule has 0 saturated carbocycles. The second kappa shape index (κ2) is 7.31. The molecule has 19 heavy (non-hydrogen) atoms. The van der Waals surface area contributed by atoms with Crippen molar-refractivity contribution in [3.63, 3.8) is 0 Å². The van der Waals surface area contributed by atoms with Gasteiger partial charge in [-0.2, -0.15) is 0 Å². The minimum Gasteiger partial charge on any atom is -0.342 e. The van der Waals surface area contributed by atoms with E-state index in [9.17, 15) is 4.79 Å². The number of rotatable bonds is 6. The van der Waals surface area contributed by atoms with Crippen molar-refractivity contribution in [2.24, 2.45) is 17.3 Å². The summed E-state index contributed by atoms with van der Waals surface area (Å²) < 4.78 is 0. The normalized spacial score (nSPS) is 18.1. The summed E-state index contributed by atoms with van der Waals surface area (Å²) in [6.07, 6.45) is 7.18. The van der Waals surface area contributed by atoms with Crippen LogP contribution in [-0.2, 0) is 4.79 Å². The van der Waals surface area contributed by atoms with Gasteiger partial charge in [0.15, 0.2) is 0 Å². The Morgan fingerprint density at radius 1 is 1.05 bits per heavy atom. The average molecular weight is 267 g/mol. The number of likely N-dealkylation sites (tertiary alicyclic amines) is 1. The lowest BCUT2D eigenvalue weighted by atomic mass is 9.76. The second-order valence-electron chi connectivity index (χ2n) is 7.63. The Hall–Kier alpha value is -0.530. The van der Waals surface area contributed by atoms with E-state index in [2.05, 4.69) is 39.5 Å². The van der Waals surface area contributed by atoms with E-state index in [1.807, 2.05) is 0 Å². The van der Waals surface area contributed by atoms with Crippen molar-refractivity contribution in [3.05, 3.63) is 0 Å². The lowest BCUT2D eigenvalue weighted by molar-refractivity contribution is -0.138. The summed E-state index contributed by atoms with van der Waals surface area (Å²) >= 11 is 0. The molecule has 1 aliphatic heterocycles. The molecule has 0 aromatic carbocycles. The Bertz CT molecular complexity index is 271. The van der Waals surface area contributed by atoms with E-state index < -0.39 is 0 Å². The molecule has 0 N–H and O–H groups in total. The highest BCUT2D eigenvalue weighted by atomic mass is 16.2. The third-order valence-corrected chi connectivity index (χ3v) is 4.29. The Balaban J connectivity index is 2.49. The van der Waals surface area contributed by atoms with Crippen molar-refractivity contribution in [2.75, 3.05) is 13.1 Å². The van der Waals surface area contributed by atoms with Gasteiger partial charge in [-0.15, -0.1) is 0 Å². The molecule has 2 nitrogen and oxygen atoms in total. The van der Waals surface area contributed by atoms with Crippen LogP contribution in [0.3, 0.4) is 0 Å². The Morgan fingerprint density at radius 2 is 1.58 bits per heavy atom. The third-order valence-electron chi connectivity index (χ3n) is 4.29. The number of amides is 1. The van der Waals surface area contributed by atoms with Gasteiger partial charge < -0.3 is 4.90 Å². The fraction of sp³-hybridized carbons (Fsp3) is 0.941. The summed E-state index contributed by atoms with van der Waals surface area (Å²) in [5.74, 6) is 1.40. The zero-order valence-electron chi connectivity index (χ0n) is 13.7. The monoisotopic (exact) mass is 267 g/mol. The first-order chi connectivity index (χ1) is 8.82. The van der Waals surface area contributed by atoms with E-state index in [4.69, 9.17) is 0 Å². The zero-order valence-corrected chi connectivity index (χ0v) is 13.7. The molecule has 1 atom stereocenters. The fourth-order valence-electron chi connectivity index (χ4n) is 2.99. The van der Waals surface area contributed by atoms with E-state index in [0.29, 0.717) is 5.91 Å². The van der Waals surface area contributed by atoms with Crippen LogP contribution in [0.15, 0.2) is 0 Å². The van der Waals surface area contributed by atoms with Crippen LogP contribution in [0.1, 0.15) is 73.1 Å². The Labute approximate surface area is 119 Å². The summed E-state index contributed by atoms with van der Waals surface area (Å²) in [5, 5.41) is 0. The van der Waals surface area contributed by atoms with Crippen molar-refractivity contribution in [1.82, 2.24) is 4.90 Å². The Kier molecular flexibility index (Phi) is 6.35. The number of carbonyl (C=O) groups excluding carboxylic acids is 1. The van der Waals surface area contributed by atoms with Crippen LogP contribution in [0.25, 0.3) is 0 Å². The quantitative estimate of drug-likeness (QED) is 0.649. The molecule has 1 fully saturated rings. The first kappa shape index (κ1) is 16.5. The number of hydrogen-bond acceptors (Lipinski definition) is 1. The van der Waals surface area contributed by atoms with Crippen LogP contribution in [0.4, 0.5) is 0 Å². The van der Waals surface area contributed by atoms with Gasteiger partial charge in [-0.25, -0.2) is 0 Å². The molecule has 0 aromatic heterocycles. The average Bonchev–Trinajstić information content (AvgIpc) is 2.79. The minimum absolute atomic E-state index is 0.0947. The van der Waals surface area contributed by atoms with E-state index in [1.165, 1.54) is 32.1 Å². The van der Waals surface area contributed by atoms with Gasteiger partial charge in [0.1, 0.15) is 0 Å². The molecule has 0 spiro atoms. The predicted octanol–water partition coefficient (Wildman–Crippen LogP) is 4.49. The molecule has 0 aromatic rings. The topological polar surface area (TPSA) is 20.3 Å². The van der Waals surface area contributed by atoms with E-state index in [-0.39, 0.29) is 11.3 Å². The summed E-state index contributed by atoms with van der Waals surface area (Å²) in [5.41, 5.74) is 0.0947. The van der Waals surface area contributed by atoms with E-state index >= 15 is 0 Å². The molecule has 1 unspecified atom stereocenters. The van der Waals surface area contributed by atoms with E-state index in [0.717, 1.165) is 25.4 Å². The standard InChI is InChI=1S/C17H33NO/c1-14(2)10-6-7-11-15(17(3,4)5)16(19)18-12-8-9-13-18/h14-15H,6-13H2,1-5H3. The molecule has 2 heteroatoms. The van der Waals surface area contributed by atoms with Crippen molar-refractivity contribution in [1.29, 1.82) is 0 Å². The predicted molar refractivity (Wildman–Crippen MR) is 82.1 cm³/mol. The molecule has 1 rings (SSSR count). The first-order valence-corrected chi connectivity index (χ1v) is 8.11. The van der Waals surface area contributed by atoms with Crippen molar-refractivity contribution in [2.45, 2.75) is 73.1 Å². The van der Waals surface area contributed by atoms with Crippen LogP contribution in [0.5, 0.6) is 0 Å². The van der Waals surface area contributed by atoms with Gasteiger partial charge in [-0.05, 0) is 30.6 Å². The summed E-state index contributed by atoms with van der Waals surface area (Å²) in [4.78, 5) is 14.7. The highest BCUT2D eigenvalue weighted by Gasteiger charge is 2.34. The van der Waals surface area contributed by atoms with Crippen LogP contribution in [-0.4, -0.2) is 23.9 Å².